The van der Waals surface area contributed by atoms with Crippen LogP contribution >= 0.6 is 11.8 Å². The molecule has 0 saturated carbocycles. The third-order valence-corrected chi connectivity index (χ3v) is 5.44. The number of benzene rings is 2. The van der Waals surface area contributed by atoms with Gasteiger partial charge >= 0.3 is 0 Å². The smallest absolute Gasteiger partial charge is 0.294 e. The summed E-state index contributed by atoms with van der Waals surface area (Å²) in [6.45, 7) is 7.43. The van der Waals surface area contributed by atoms with E-state index in [1.54, 1.807) is 12.1 Å². The lowest BCUT2D eigenvalue weighted by molar-refractivity contribution is -0.127. The van der Waals surface area contributed by atoms with E-state index in [0.717, 1.165) is 27.8 Å². The van der Waals surface area contributed by atoms with E-state index in [1.807, 2.05) is 64.1 Å². The lowest BCUT2D eigenvalue weighted by Crippen LogP contribution is -2.36. The highest BCUT2D eigenvalue weighted by Gasteiger charge is 2.36. The summed E-state index contributed by atoms with van der Waals surface area (Å²) in [5, 5.41) is 2.27. The second-order valence-corrected chi connectivity index (χ2v) is 8.31. The van der Waals surface area contributed by atoms with Crippen molar-refractivity contribution in [1.29, 1.82) is 0 Å². The molecule has 0 unspecified atom stereocenters. The minimum atomic E-state index is -0.486. The number of nitrogens with one attached hydrogen (secondary N) is 1. The molecular formula is C23H24N2O4S. The fourth-order valence-corrected chi connectivity index (χ4v) is 3.73. The third-order valence-electron chi connectivity index (χ3n) is 4.53. The van der Waals surface area contributed by atoms with Gasteiger partial charge in [0.1, 0.15) is 12.3 Å². The first-order chi connectivity index (χ1) is 14.2. The molecule has 3 rings (SSSR count). The molecular weight excluding hydrogens is 400 g/mol. The number of nitrogens with zero attached hydrogens (tertiary/aromatic N) is 1. The molecule has 1 heterocycles. The number of imide groups is 1. The number of hydrogen-bond donors (Lipinski definition) is 1. The fraction of sp³-hybridized carbons (Fsp3) is 0.261. The van der Waals surface area contributed by atoms with E-state index in [9.17, 15) is 14.4 Å². The summed E-state index contributed by atoms with van der Waals surface area (Å²) in [7, 11) is 0. The van der Waals surface area contributed by atoms with Crippen LogP contribution in [-0.2, 0) is 9.59 Å². The summed E-state index contributed by atoms with van der Waals surface area (Å²) in [6.07, 6.45) is 1.60. The molecule has 0 aromatic heterocycles. The standard InChI is InChI=1S/C23H24N2O4S/c1-14(2)29-19-8-6-5-7-17(19)12-20-22(27)25(23(28)30-20)13-21(26)24-18-10-9-15(3)16(4)11-18/h5-12,14H,13H2,1-4H3,(H,24,26)/b20-12-. The van der Waals surface area contributed by atoms with Crippen LogP contribution in [0.5, 0.6) is 5.75 Å². The predicted octanol–water partition coefficient (Wildman–Crippen LogP) is 4.77. The summed E-state index contributed by atoms with van der Waals surface area (Å²) in [5.74, 6) is -0.281. The Hall–Kier alpha value is -3.06. The van der Waals surface area contributed by atoms with Gasteiger partial charge in [-0.25, -0.2) is 0 Å². The summed E-state index contributed by atoms with van der Waals surface area (Å²) < 4.78 is 5.77. The quantitative estimate of drug-likeness (QED) is 0.677. The summed E-state index contributed by atoms with van der Waals surface area (Å²) in [6, 6.07) is 12.9. The maximum atomic E-state index is 12.7. The summed E-state index contributed by atoms with van der Waals surface area (Å²) >= 11 is 0.820. The van der Waals surface area contributed by atoms with Gasteiger partial charge in [-0.1, -0.05) is 24.3 Å². The van der Waals surface area contributed by atoms with Crippen LogP contribution in [-0.4, -0.2) is 34.6 Å². The minimum Gasteiger partial charge on any atom is -0.490 e. The van der Waals surface area contributed by atoms with Crippen LogP contribution in [0.3, 0.4) is 0 Å². The van der Waals surface area contributed by atoms with Gasteiger partial charge in [-0.2, -0.15) is 0 Å². The minimum absolute atomic E-state index is 0.0243. The molecule has 1 N–H and O–H groups in total. The Bertz CT molecular complexity index is 1030. The Kier molecular flexibility index (Phi) is 6.62. The number of ether oxygens (including phenoxy) is 1. The zero-order chi connectivity index (χ0) is 21.8. The maximum absolute atomic E-state index is 12.7. The maximum Gasteiger partial charge on any atom is 0.294 e. The lowest BCUT2D eigenvalue weighted by Gasteiger charge is -2.13. The van der Waals surface area contributed by atoms with E-state index in [4.69, 9.17) is 4.74 Å². The molecule has 0 bridgehead atoms. The number of carbonyl (C=O) groups excluding carboxylic acids is 3. The number of para-hydroxylation sites is 1. The van der Waals surface area contributed by atoms with E-state index in [0.29, 0.717) is 17.0 Å². The van der Waals surface area contributed by atoms with Crippen molar-refractivity contribution in [2.75, 3.05) is 11.9 Å². The van der Waals surface area contributed by atoms with Crippen LogP contribution < -0.4 is 10.1 Å². The molecule has 0 spiro atoms. The van der Waals surface area contributed by atoms with Crippen LogP contribution in [0.2, 0.25) is 0 Å². The van der Waals surface area contributed by atoms with Crippen molar-refractivity contribution in [1.82, 2.24) is 4.90 Å². The van der Waals surface area contributed by atoms with Crippen LogP contribution in [0.4, 0.5) is 10.5 Å². The van der Waals surface area contributed by atoms with Gasteiger partial charge in [0.05, 0.1) is 11.0 Å². The highest BCUT2D eigenvalue weighted by atomic mass is 32.2. The van der Waals surface area contributed by atoms with Crippen molar-refractivity contribution in [2.45, 2.75) is 33.8 Å². The molecule has 6 nitrogen and oxygen atoms in total. The van der Waals surface area contributed by atoms with Crippen molar-refractivity contribution in [3.05, 3.63) is 64.1 Å². The van der Waals surface area contributed by atoms with Gasteiger partial charge in [-0.05, 0) is 74.9 Å². The summed E-state index contributed by atoms with van der Waals surface area (Å²) in [5.41, 5.74) is 3.50. The molecule has 3 amide bonds. The van der Waals surface area contributed by atoms with Gasteiger partial charge in [0.2, 0.25) is 5.91 Å². The van der Waals surface area contributed by atoms with E-state index < -0.39 is 17.1 Å². The Morgan fingerprint density at radius 1 is 1.13 bits per heavy atom. The lowest BCUT2D eigenvalue weighted by atomic mass is 10.1. The average Bonchev–Trinajstić information content (AvgIpc) is 2.93. The van der Waals surface area contributed by atoms with Gasteiger partial charge < -0.3 is 10.1 Å². The normalized spacial score (nSPS) is 15.2. The van der Waals surface area contributed by atoms with E-state index in [-0.39, 0.29) is 17.6 Å². The molecule has 1 aliphatic rings. The molecule has 0 atom stereocenters. The Morgan fingerprint density at radius 2 is 1.87 bits per heavy atom. The molecule has 30 heavy (non-hydrogen) atoms. The topological polar surface area (TPSA) is 75.7 Å². The van der Waals surface area contributed by atoms with Gasteiger partial charge in [0.15, 0.2) is 0 Å². The van der Waals surface area contributed by atoms with Gasteiger partial charge in [-0.3, -0.25) is 19.3 Å². The Morgan fingerprint density at radius 3 is 2.57 bits per heavy atom. The van der Waals surface area contributed by atoms with Gasteiger partial charge in [-0.15, -0.1) is 0 Å². The van der Waals surface area contributed by atoms with Crippen LogP contribution in [0, 0.1) is 13.8 Å². The zero-order valence-corrected chi connectivity index (χ0v) is 18.2. The van der Waals surface area contributed by atoms with Crippen molar-refractivity contribution < 1.29 is 19.1 Å². The first-order valence-corrected chi connectivity index (χ1v) is 10.4. The van der Waals surface area contributed by atoms with Crippen molar-refractivity contribution in [2.24, 2.45) is 0 Å². The number of hydrogen-bond acceptors (Lipinski definition) is 5. The molecule has 1 aliphatic heterocycles. The summed E-state index contributed by atoms with van der Waals surface area (Å²) in [4.78, 5) is 38.7. The largest absolute Gasteiger partial charge is 0.490 e. The molecule has 2 aromatic carbocycles. The monoisotopic (exact) mass is 424 g/mol. The Balaban J connectivity index is 1.72. The molecule has 156 valence electrons. The average molecular weight is 425 g/mol. The van der Waals surface area contributed by atoms with E-state index in [1.165, 1.54) is 0 Å². The second kappa shape index (κ2) is 9.17. The van der Waals surface area contributed by atoms with E-state index >= 15 is 0 Å². The molecule has 1 fully saturated rings. The highest BCUT2D eigenvalue weighted by Crippen LogP contribution is 2.34. The Labute approximate surface area is 180 Å². The number of anilines is 1. The number of thioether (sulfide) groups is 1. The number of rotatable bonds is 6. The SMILES string of the molecule is Cc1ccc(NC(=O)CN2C(=O)S/C(=C\c3ccccc3OC(C)C)C2=O)cc1C. The molecule has 2 aromatic rings. The van der Waals surface area contributed by atoms with Crippen molar-refractivity contribution >= 4 is 40.6 Å². The third kappa shape index (κ3) is 5.10. The molecule has 0 aliphatic carbocycles. The van der Waals surface area contributed by atoms with Crippen LogP contribution in [0.1, 0.15) is 30.5 Å². The molecule has 0 radical (unpaired) electrons. The molecule has 1 saturated heterocycles. The van der Waals surface area contributed by atoms with Gasteiger partial charge in [0, 0.05) is 11.3 Å². The highest BCUT2D eigenvalue weighted by molar-refractivity contribution is 8.18. The number of carbonyl (C=O) groups is 3. The zero-order valence-electron chi connectivity index (χ0n) is 17.4. The number of amides is 3. The van der Waals surface area contributed by atoms with Gasteiger partial charge in [0.25, 0.3) is 11.1 Å². The van der Waals surface area contributed by atoms with Crippen LogP contribution in [0.15, 0.2) is 47.4 Å². The second-order valence-electron chi connectivity index (χ2n) is 7.32. The first-order valence-electron chi connectivity index (χ1n) is 9.62. The molecule has 7 heteroatoms. The fourth-order valence-electron chi connectivity index (χ4n) is 2.90. The number of aryl methyl sites for hydroxylation is 2. The van der Waals surface area contributed by atoms with Crippen molar-refractivity contribution in [3.8, 4) is 5.75 Å². The predicted molar refractivity (Wildman–Crippen MR) is 119 cm³/mol. The first kappa shape index (κ1) is 21.6. The van der Waals surface area contributed by atoms with Crippen LogP contribution in [0.25, 0.3) is 6.08 Å². The van der Waals surface area contributed by atoms with Crippen molar-refractivity contribution in [3.63, 3.8) is 0 Å². The van der Waals surface area contributed by atoms with E-state index in [2.05, 4.69) is 5.32 Å².